The highest BCUT2D eigenvalue weighted by atomic mass is 15.1. The second-order valence-corrected chi connectivity index (χ2v) is 9.63. The number of nitrogens with zero attached hydrogens (tertiary/aromatic N) is 3. The molecule has 1 aliphatic carbocycles. The summed E-state index contributed by atoms with van der Waals surface area (Å²) >= 11 is 0. The Morgan fingerprint density at radius 3 is 2.76 bits per heavy atom. The number of pyridine rings is 1. The maximum Gasteiger partial charge on any atom is 0.0638 e. The van der Waals surface area contributed by atoms with Gasteiger partial charge in [-0.25, -0.2) is 0 Å². The van der Waals surface area contributed by atoms with Gasteiger partial charge < -0.3 is 9.80 Å². The van der Waals surface area contributed by atoms with Crippen molar-refractivity contribution in [3.05, 3.63) is 156 Å². The first-order valence-electron chi connectivity index (χ1n) is 13.3. The van der Waals surface area contributed by atoms with Gasteiger partial charge in [-0.3, -0.25) is 4.98 Å². The highest BCUT2D eigenvalue weighted by molar-refractivity contribution is 5.58. The Bertz CT molecular complexity index is 1270. The summed E-state index contributed by atoms with van der Waals surface area (Å²) in [4.78, 5) is 8.86. The van der Waals surface area contributed by atoms with Crippen LogP contribution >= 0.6 is 0 Å². The molecule has 3 nitrogen and oxygen atoms in total. The minimum absolute atomic E-state index is 0.332. The van der Waals surface area contributed by atoms with E-state index in [1.54, 1.807) is 6.20 Å². The minimum atomic E-state index is 0.332. The molecular weight excluding hydrogens is 462 g/mol. The van der Waals surface area contributed by atoms with Crippen molar-refractivity contribution in [3.63, 3.8) is 0 Å². The zero-order valence-electron chi connectivity index (χ0n) is 23.5. The number of rotatable bonds is 10. The van der Waals surface area contributed by atoms with Crippen LogP contribution in [0.25, 0.3) is 0 Å². The summed E-state index contributed by atoms with van der Waals surface area (Å²) in [7, 11) is 0. The fraction of sp³-hybridized carbons (Fsp3) is 0.229. The third-order valence-corrected chi connectivity index (χ3v) is 6.39. The zero-order chi connectivity index (χ0) is 27.3. The van der Waals surface area contributed by atoms with Gasteiger partial charge in [0.25, 0.3) is 0 Å². The van der Waals surface area contributed by atoms with Crippen LogP contribution in [0.4, 0.5) is 5.69 Å². The molecule has 196 valence electrons. The van der Waals surface area contributed by atoms with E-state index in [9.17, 15) is 0 Å². The molecule has 0 saturated heterocycles. The van der Waals surface area contributed by atoms with E-state index in [-0.39, 0.29) is 0 Å². The SMILES string of the molecule is C=C/C=C\C1=C(C)N(C(/C=C\C)=C/C=C/CC2C=CC=C(N(C=C(C)C)c3cccnc3)C=C2)CC=C1C. The Balaban J connectivity index is 1.73. The summed E-state index contributed by atoms with van der Waals surface area (Å²) < 4.78 is 0. The molecule has 1 aromatic heterocycles. The average Bonchev–Trinajstić information content (AvgIpc) is 3.15. The molecule has 1 atom stereocenters. The minimum Gasteiger partial charge on any atom is -0.341 e. The van der Waals surface area contributed by atoms with Crippen LogP contribution in [0.15, 0.2) is 156 Å². The smallest absolute Gasteiger partial charge is 0.0638 e. The lowest BCUT2D eigenvalue weighted by atomic mass is 9.99. The Hall–Kier alpha value is -4.11. The maximum atomic E-state index is 4.31. The van der Waals surface area contributed by atoms with Crippen molar-refractivity contribution in [2.75, 3.05) is 11.4 Å². The molecule has 0 aromatic carbocycles. The lowest BCUT2D eigenvalue weighted by Gasteiger charge is -2.31. The first-order valence-corrected chi connectivity index (χ1v) is 13.3. The summed E-state index contributed by atoms with van der Waals surface area (Å²) in [6.45, 7) is 15.3. The molecule has 0 amide bonds. The molecule has 0 N–H and O–H groups in total. The van der Waals surface area contributed by atoms with Gasteiger partial charge in [0.05, 0.1) is 11.9 Å². The monoisotopic (exact) mass is 503 g/mol. The fourth-order valence-electron chi connectivity index (χ4n) is 4.44. The topological polar surface area (TPSA) is 19.4 Å². The third kappa shape index (κ3) is 7.94. The summed E-state index contributed by atoms with van der Waals surface area (Å²) in [5.74, 6) is 0.332. The van der Waals surface area contributed by atoms with Crippen molar-refractivity contribution in [1.82, 2.24) is 9.88 Å². The number of aromatic nitrogens is 1. The molecule has 0 radical (unpaired) electrons. The maximum absolute atomic E-state index is 4.31. The van der Waals surface area contributed by atoms with Crippen LogP contribution in [-0.4, -0.2) is 16.4 Å². The largest absolute Gasteiger partial charge is 0.341 e. The van der Waals surface area contributed by atoms with Gasteiger partial charge in [-0.05, 0) is 94.5 Å². The fourth-order valence-corrected chi connectivity index (χ4v) is 4.44. The highest BCUT2D eigenvalue weighted by Crippen LogP contribution is 2.28. The number of allylic oxidation sites excluding steroid dienone is 17. The molecule has 0 bridgehead atoms. The zero-order valence-corrected chi connectivity index (χ0v) is 23.5. The second kappa shape index (κ2) is 14.6. The van der Waals surface area contributed by atoms with Crippen LogP contribution in [0.5, 0.6) is 0 Å². The number of anilines is 1. The molecule has 1 aromatic rings. The predicted molar refractivity (Wildman–Crippen MR) is 165 cm³/mol. The van der Waals surface area contributed by atoms with Gasteiger partial charge in [0.2, 0.25) is 0 Å². The van der Waals surface area contributed by atoms with Crippen LogP contribution < -0.4 is 4.90 Å². The Labute approximate surface area is 230 Å². The Kier molecular flexibility index (Phi) is 10.9. The lowest BCUT2D eigenvalue weighted by Crippen LogP contribution is -2.25. The quantitative estimate of drug-likeness (QED) is 0.297. The molecule has 0 saturated carbocycles. The number of hydrogen-bond donors (Lipinski definition) is 0. The van der Waals surface area contributed by atoms with Crippen LogP contribution in [0.2, 0.25) is 0 Å². The molecule has 38 heavy (non-hydrogen) atoms. The number of hydrogen-bond acceptors (Lipinski definition) is 3. The first kappa shape index (κ1) is 28.5. The van der Waals surface area contributed by atoms with Crippen LogP contribution in [0.1, 0.15) is 41.0 Å². The summed E-state index contributed by atoms with van der Waals surface area (Å²) in [6.07, 6.45) is 37.0. The van der Waals surface area contributed by atoms with E-state index >= 15 is 0 Å². The van der Waals surface area contributed by atoms with Gasteiger partial charge in [0.1, 0.15) is 0 Å². The summed E-state index contributed by atoms with van der Waals surface area (Å²) in [5.41, 5.74) is 8.39. The molecule has 3 rings (SSSR count). The van der Waals surface area contributed by atoms with Gasteiger partial charge in [0.15, 0.2) is 0 Å². The van der Waals surface area contributed by atoms with Crippen molar-refractivity contribution in [1.29, 1.82) is 0 Å². The van der Waals surface area contributed by atoms with E-state index < -0.39 is 0 Å². The third-order valence-electron chi connectivity index (χ3n) is 6.39. The predicted octanol–water partition coefficient (Wildman–Crippen LogP) is 9.12. The molecule has 0 spiro atoms. The summed E-state index contributed by atoms with van der Waals surface area (Å²) in [5, 5.41) is 0. The average molecular weight is 504 g/mol. The van der Waals surface area contributed by atoms with Gasteiger partial charge in [-0.2, -0.15) is 0 Å². The van der Waals surface area contributed by atoms with Crippen molar-refractivity contribution < 1.29 is 0 Å². The summed E-state index contributed by atoms with van der Waals surface area (Å²) in [6, 6.07) is 4.05. The molecule has 1 aliphatic heterocycles. The van der Waals surface area contributed by atoms with Gasteiger partial charge >= 0.3 is 0 Å². The second-order valence-electron chi connectivity index (χ2n) is 9.63. The highest BCUT2D eigenvalue weighted by Gasteiger charge is 2.16. The normalized spacial score (nSPS) is 18.3. The van der Waals surface area contributed by atoms with Gasteiger partial charge in [-0.1, -0.05) is 72.9 Å². The molecular formula is C35H41N3. The van der Waals surface area contributed by atoms with Crippen molar-refractivity contribution in [2.45, 2.75) is 41.0 Å². The Morgan fingerprint density at radius 2 is 2.05 bits per heavy atom. The van der Waals surface area contributed by atoms with E-state index in [2.05, 4.69) is 141 Å². The van der Waals surface area contributed by atoms with E-state index in [1.807, 2.05) is 24.4 Å². The van der Waals surface area contributed by atoms with Gasteiger partial charge in [0, 0.05) is 36.0 Å². The van der Waals surface area contributed by atoms with E-state index in [1.165, 1.54) is 28.1 Å². The Morgan fingerprint density at radius 1 is 1.21 bits per heavy atom. The molecule has 3 heteroatoms. The first-order chi connectivity index (χ1) is 18.4. The van der Waals surface area contributed by atoms with Crippen molar-refractivity contribution >= 4 is 5.69 Å². The molecule has 1 unspecified atom stereocenters. The van der Waals surface area contributed by atoms with E-state index in [4.69, 9.17) is 0 Å². The van der Waals surface area contributed by atoms with Crippen LogP contribution in [0.3, 0.4) is 0 Å². The van der Waals surface area contributed by atoms with Gasteiger partial charge in [-0.15, -0.1) is 0 Å². The van der Waals surface area contributed by atoms with E-state index in [0.717, 1.165) is 24.4 Å². The van der Waals surface area contributed by atoms with Crippen molar-refractivity contribution in [2.24, 2.45) is 5.92 Å². The molecule has 2 heterocycles. The standard InChI is InChI=1S/C35H41N3/c1-7-9-20-35-29(5)23-25-37(30(35)6)32(14-8-2)17-11-10-15-31-16-12-18-33(22-21-31)38(27-28(3)4)34-19-13-24-36-26-34/h7-14,16-24,26-27,31H,1,15,25H2,2-6H3/b11-10+,14-8-,20-9-,32-17+. The van der Waals surface area contributed by atoms with Crippen LogP contribution in [0, 0.1) is 5.92 Å². The van der Waals surface area contributed by atoms with Crippen LogP contribution in [-0.2, 0) is 0 Å². The lowest BCUT2D eigenvalue weighted by molar-refractivity contribution is 0.476. The molecule has 0 fully saturated rings. The van der Waals surface area contributed by atoms with E-state index in [0.29, 0.717) is 5.92 Å². The van der Waals surface area contributed by atoms with Crippen molar-refractivity contribution in [3.8, 4) is 0 Å². The molecule has 2 aliphatic rings.